The Kier molecular flexibility index (Phi) is 4.38. The topological polar surface area (TPSA) is 84.7 Å². The summed E-state index contributed by atoms with van der Waals surface area (Å²) < 4.78 is 43.2. The van der Waals surface area contributed by atoms with Crippen molar-refractivity contribution < 1.29 is 17.7 Å². The van der Waals surface area contributed by atoms with Crippen LogP contribution < -0.4 is 5.56 Å². The number of hydrogen-bond donors (Lipinski definition) is 1. The second-order valence-electron chi connectivity index (χ2n) is 4.62. The number of aromatic nitrogens is 4. The second-order valence-corrected chi connectivity index (χ2v) is 5.58. The van der Waals surface area contributed by atoms with Crippen molar-refractivity contribution in [2.45, 2.75) is 17.1 Å². The standard InChI is InChI=1S/C14H9F3N4O2S/c15-14(16,17)9-3-1-2-8(6-9)12-20-11(23-21-12)7-24-13-18-5-4-10(22)19-13/h1-6H,7H2,(H,18,19,22). The molecule has 0 unspecified atom stereocenters. The lowest BCUT2D eigenvalue weighted by atomic mass is 10.1. The van der Waals surface area contributed by atoms with Gasteiger partial charge in [-0.2, -0.15) is 18.2 Å². The molecule has 0 bridgehead atoms. The van der Waals surface area contributed by atoms with Gasteiger partial charge in [-0.25, -0.2) is 4.98 Å². The maximum Gasteiger partial charge on any atom is 0.416 e. The zero-order valence-corrected chi connectivity index (χ0v) is 12.7. The molecule has 0 saturated carbocycles. The lowest BCUT2D eigenvalue weighted by Crippen LogP contribution is -2.05. The molecule has 3 aromatic rings. The maximum atomic E-state index is 12.7. The van der Waals surface area contributed by atoms with Crippen LogP contribution >= 0.6 is 11.8 Å². The number of rotatable bonds is 4. The molecule has 0 fully saturated rings. The quantitative estimate of drug-likeness (QED) is 0.572. The Morgan fingerprint density at radius 1 is 1.25 bits per heavy atom. The molecule has 0 atom stereocenters. The first-order valence-corrected chi connectivity index (χ1v) is 7.59. The molecule has 0 spiro atoms. The van der Waals surface area contributed by atoms with E-state index < -0.39 is 11.7 Å². The van der Waals surface area contributed by atoms with E-state index in [0.29, 0.717) is 5.16 Å². The fourth-order valence-electron chi connectivity index (χ4n) is 1.82. The summed E-state index contributed by atoms with van der Waals surface area (Å²) in [5.41, 5.74) is -0.870. The molecule has 2 heterocycles. The third kappa shape index (κ3) is 3.82. The van der Waals surface area contributed by atoms with Gasteiger partial charge in [0.25, 0.3) is 5.56 Å². The molecule has 2 aromatic heterocycles. The van der Waals surface area contributed by atoms with Crippen molar-refractivity contribution in [1.29, 1.82) is 0 Å². The molecule has 0 aliphatic heterocycles. The number of nitrogens with one attached hydrogen (secondary N) is 1. The predicted octanol–water partition coefficient (Wildman–Crippen LogP) is 3.13. The van der Waals surface area contributed by atoms with Gasteiger partial charge in [-0.3, -0.25) is 4.79 Å². The Balaban J connectivity index is 1.75. The Morgan fingerprint density at radius 2 is 2.08 bits per heavy atom. The summed E-state index contributed by atoms with van der Waals surface area (Å²) in [5, 5.41) is 4.06. The summed E-state index contributed by atoms with van der Waals surface area (Å²) >= 11 is 1.16. The van der Waals surface area contributed by atoms with Crippen molar-refractivity contribution in [3.63, 3.8) is 0 Å². The number of alkyl halides is 3. The molecule has 0 amide bonds. The summed E-state index contributed by atoms with van der Waals surface area (Å²) in [6, 6.07) is 5.95. The molecular weight excluding hydrogens is 345 g/mol. The second kappa shape index (κ2) is 6.48. The van der Waals surface area contributed by atoms with E-state index in [1.54, 1.807) is 0 Å². The SMILES string of the molecule is O=c1ccnc(SCc2nc(-c3cccc(C(F)(F)F)c3)no2)[nH]1. The van der Waals surface area contributed by atoms with E-state index in [-0.39, 0.29) is 28.6 Å². The van der Waals surface area contributed by atoms with E-state index in [1.807, 2.05) is 0 Å². The van der Waals surface area contributed by atoms with Crippen LogP contribution in [0.4, 0.5) is 13.2 Å². The number of aromatic amines is 1. The summed E-state index contributed by atoms with van der Waals surface area (Å²) in [5.74, 6) is 0.490. The maximum absolute atomic E-state index is 12.7. The van der Waals surface area contributed by atoms with Crippen LogP contribution in [-0.2, 0) is 11.9 Å². The van der Waals surface area contributed by atoms with Gasteiger partial charge < -0.3 is 9.51 Å². The van der Waals surface area contributed by atoms with Gasteiger partial charge >= 0.3 is 6.18 Å². The number of halogens is 3. The number of hydrogen-bond acceptors (Lipinski definition) is 6. The Morgan fingerprint density at radius 3 is 2.83 bits per heavy atom. The Bertz CT molecular complexity index is 907. The van der Waals surface area contributed by atoms with Crippen LogP contribution in [0.3, 0.4) is 0 Å². The van der Waals surface area contributed by atoms with Crippen molar-refractivity contribution in [2.24, 2.45) is 0 Å². The molecule has 0 radical (unpaired) electrons. The number of nitrogens with zero attached hydrogens (tertiary/aromatic N) is 3. The predicted molar refractivity (Wildman–Crippen MR) is 79.2 cm³/mol. The van der Waals surface area contributed by atoms with Crippen LogP contribution in [0.25, 0.3) is 11.4 Å². The van der Waals surface area contributed by atoms with Gasteiger partial charge in [-0.05, 0) is 12.1 Å². The van der Waals surface area contributed by atoms with Gasteiger partial charge in [0.15, 0.2) is 5.16 Å². The Labute approximate surface area is 137 Å². The average Bonchev–Trinajstić information content (AvgIpc) is 3.01. The third-order valence-electron chi connectivity index (χ3n) is 2.90. The van der Waals surface area contributed by atoms with Gasteiger partial charge in [0.05, 0.1) is 11.3 Å². The highest BCUT2D eigenvalue weighted by Gasteiger charge is 2.30. The van der Waals surface area contributed by atoms with Crippen LogP contribution in [0.2, 0.25) is 0 Å². The minimum Gasteiger partial charge on any atom is -0.338 e. The van der Waals surface area contributed by atoms with Crippen molar-refractivity contribution in [1.82, 2.24) is 20.1 Å². The highest BCUT2D eigenvalue weighted by atomic mass is 32.2. The monoisotopic (exact) mass is 354 g/mol. The summed E-state index contributed by atoms with van der Waals surface area (Å²) in [6.07, 6.45) is -3.08. The van der Waals surface area contributed by atoms with Crippen LogP contribution in [0, 0.1) is 0 Å². The Hall–Kier alpha value is -2.62. The highest BCUT2D eigenvalue weighted by Crippen LogP contribution is 2.31. The third-order valence-corrected chi connectivity index (χ3v) is 3.77. The van der Waals surface area contributed by atoms with Gasteiger partial charge in [0.2, 0.25) is 11.7 Å². The van der Waals surface area contributed by atoms with Gasteiger partial charge in [0.1, 0.15) is 0 Å². The summed E-state index contributed by atoms with van der Waals surface area (Å²) in [6.45, 7) is 0. The smallest absolute Gasteiger partial charge is 0.338 e. The van der Waals surface area contributed by atoms with Gasteiger partial charge in [-0.1, -0.05) is 29.1 Å². The normalized spacial score (nSPS) is 11.6. The molecule has 24 heavy (non-hydrogen) atoms. The van der Waals surface area contributed by atoms with E-state index >= 15 is 0 Å². The van der Waals surface area contributed by atoms with Gasteiger partial charge in [0, 0.05) is 17.8 Å². The van der Waals surface area contributed by atoms with E-state index in [2.05, 4.69) is 20.1 Å². The zero-order valence-electron chi connectivity index (χ0n) is 11.9. The fraction of sp³-hybridized carbons (Fsp3) is 0.143. The van der Waals surface area contributed by atoms with E-state index in [0.717, 1.165) is 23.9 Å². The molecule has 0 aliphatic rings. The zero-order chi connectivity index (χ0) is 17.2. The highest BCUT2D eigenvalue weighted by molar-refractivity contribution is 7.98. The van der Waals surface area contributed by atoms with Crippen LogP contribution in [0.15, 0.2) is 51.0 Å². The largest absolute Gasteiger partial charge is 0.416 e. The number of H-pyrrole nitrogens is 1. The summed E-state index contributed by atoms with van der Waals surface area (Å²) in [4.78, 5) is 21.7. The minimum atomic E-state index is -4.44. The summed E-state index contributed by atoms with van der Waals surface area (Å²) in [7, 11) is 0. The minimum absolute atomic E-state index is 0.0613. The number of thioether (sulfide) groups is 1. The molecule has 124 valence electrons. The van der Waals surface area contributed by atoms with Gasteiger partial charge in [-0.15, -0.1) is 0 Å². The van der Waals surface area contributed by atoms with Crippen LogP contribution in [0.1, 0.15) is 11.5 Å². The lowest BCUT2D eigenvalue weighted by Gasteiger charge is -2.06. The molecule has 10 heteroatoms. The molecule has 3 rings (SSSR count). The number of benzene rings is 1. The van der Waals surface area contributed by atoms with Crippen molar-refractivity contribution in [3.05, 3.63) is 58.3 Å². The molecular formula is C14H9F3N4O2S. The first-order chi connectivity index (χ1) is 11.4. The van der Waals surface area contributed by atoms with E-state index in [1.165, 1.54) is 24.4 Å². The average molecular weight is 354 g/mol. The first kappa shape index (κ1) is 16.2. The van der Waals surface area contributed by atoms with Crippen molar-refractivity contribution in [3.8, 4) is 11.4 Å². The van der Waals surface area contributed by atoms with Crippen LogP contribution in [-0.4, -0.2) is 20.1 Å². The molecule has 1 N–H and O–H groups in total. The van der Waals surface area contributed by atoms with Crippen molar-refractivity contribution in [2.75, 3.05) is 0 Å². The van der Waals surface area contributed by atoms with E-state index in [4.69, 9.17) is 4.52 Å². The lowest BCUT2D eigenvalue weighted by molar-refractivity contribution is -0.137. The van der Waals surface area contributed by atoms with Crippen LogP contribution in [0.5, 0.6) is 0 Å². The first-order valence-electron chi connectivity index (χ1n) is 6.60. The molecule has 1 aromatic carbocycles. The molecule has 0 aliphatic carbocycles. The van der Waals surface area contributed by atoms with Crippen molar-refractivity contribution >= 4 is 11.8 Å². The molecule has 0 saturated heterocycles. The fourth-order valence-corrected chi connectivity index (χ4v) is 2.51. The molecule has 6 nitrogen and oxygen atoms in total. The van der Waals surface area contributed by atoms with E-state index in [9.17, 15) is 18.0 Å².